The molecule has 2 aliphatic rings. The van der Waals surface area contributed by atoms with Crippen molar-refractivity contribution >= 4 is 39.3 Å². The fraction of sp³-hybridized carbons (Fsp3) is 0.227. The second-order valence-electron chi connectivity index (χ2n) is 7.37. The van der Waals surface area contributed by atoms with Gasteiger partial charge in [0.05, 0.1) is 17.7 Å². The van der Waals surface area contributed by atoms with Crippen LogP contribution in [0.1, 0.15) is 24.1 Å². The van der Waals surface area contributed by atoms with Crippen LogP contribution in [0, 0.1) is 5.92 Å². The summed E-state index contributed by atoms with van der Waals surface area (Å²) in [7, 11) is 1.34. The number of thiazole rings is 1. The Balaban J connectivity index is 1.79. The average Bonchev–Trinajstić information content (AvgIpc) is 3.02. The van der Waals surface area contributed by atoms with Crippen molar-refractivity contribution in [3.05, 3.63) is 83.8 Å². The Kier molecular flexibility index (Phi) is 4.44. The number of halogens is 1. The summed E-state index contributed by atoms with van der Waals surface area (Å²) in [6.45, 7) is 1.77. The highest BCUT2D eigenvalue weighted by Crippen LogP contribution is 2.47. The van der Waals surface area contributed by atoms with Crippen LogP contribution in [-0.2, 0) is 9.53 Å². The van der Waals surface area contributed by atoms with Crippen LogP contribution in [0.3, 0.4) is 0 Å². The number of hydrogen-bond acceptors (Lipinski definition) is 6. The van der Waals surface area contributed by atoms with Crippen molar-refractivity contribution in [2.45, 2.75) is 18.7 Å². The van der Waals surface area contributed by atoms with Crippen molar-refractivity contribution < 1.29 is 14.3 Å². The van der Waals surface area contributed by atoms with E-state index in [0.717, 1.165) is 15.6 Å². The van der Waals surface area contributed by atoms with E-state index >= 15 is 0 Å². The van der Waals surface area contributed by atoms with Gasteiger partial charge in [0, 0.05) is 10.0 Å². The molecule has 0 radical (unpaired) electrons. The molecule has 0 spiro atoms. The number of aromatic nitrogens is 1. The van der Waals surface area contributed by atoms with Gasteiger partial charge in [-0.3, -0.25) is 14.2 Å². The zero-order valence-corrected chi connectivity index (χ0v) is 18.6. The maximum atomic E-state index is 13.4. The van der Waals surface area contributed by atoms with Gasteiger partial charge < -0.3 is 9.47 Å². The van der Waals surface area contributed by atoms with Crippen LogP contribution in [0.5, 0.6) is 5.75 Å². The summed E-state index contributed by atoms with van der Waals surface area (Å²) in [5.41, 5.74) is 0.346. The van der Waals surface area contributed by atoms with Crippen LogP contribution in [0.2, 0.25) is 0 Å². The molecule has 3 aromatic rings. The van der Waals surface area contributed by atoms with E-state index in [-0.39, 0.29) is 5.56 Å². The molecule has 3 unspecified atom stereocenters. The maximum Gasteiger partial charge on any atom is 0.317 e. The molecular weight excluding hydrogens is 468 g/mol. The standard InChI is InChI=1S/C22H17BrN2O4S/c1-22-17(20(27)28-2)18(14-5-3-4-6-15(14)29-22)25-19(26)16(30-21(25)24-22)11-12-7-9-13(23)10-8-12/h3-11,17-18H,1-2H3/b16-11-. The molecule has 3 heterocycles. The van der Waals surface area contributed by atoms with Crippen LogP contribution in [-0.4, -0.2) is 23.4 Å². The monoisotopic (exact) mass is 484 g/mol. The highest BCUT2D eigenvalue weighted by atomic mass is 79.9. The molecule has 0 aliphatic carbocycles. The molecule has 2 aromatic carbocycles. The number of para-hydroxylation sites is 1. The van der Waals surface area contributed by atoms with Crippen LogP contribution < -0.4 is 19.6 Å². The third-order valence-electron chi connectivity index (χ3n) is 5.50. The second kappa shape index (κ2) is 6.92. The Morgan fingerprint density at radius 2 is 2.00 bits per heavy atom. The molecule has 2 bridgehead atoms. The third-order valence-corrected chi connectivity index (χ3v) is 7.01. The van der Waals surface area contributed by atoms with Crippen molar-refractivity contribution in [2.75, 3.05) is 7.11 Å². The molecule has 5 rings (SSSR count). The van der Waals surface area contributed by atoms with Gasteiger partial charge in [0.1, 0.15) is 11.7 Å². The quantitative estimate of drug-likeness (QED) is 0.524. The lowest BCUT2D eigenvalue weighted by Gasteiger charge is -2.44. The van der Waals surface area contributed by atoms with Crippen LogP contribution in [0.4, 0.5) is 0 Å². The highest BCUT2D eigenvalue weighted by molar-refractivity contribution is 9.10. The number of hydrogen-bond donors (Lipinski definition) is 0. The fourth-order valence-corrected chi connectivity index (χ4v) is 5.51. The summed E-state index contributed by atoms with van der Waals surface area (Å²) in [6.07, 6.45) is 1.84. The van der Waals surface area contributed by atoms with E-state index in [2.05, 4.69) is 15.9 Å². The molecule has 152 valence electrons. The van der Waals surface area contributed by atoms with Crippen LogP contribution in [0.25, 0.3) is 6.08 Å². The lowest BCUT2D eigenvalue weighted by Crippen LogP contribution is -2.58. The topological polar surface area (TPSA) is 69.9 Å². The minimum absolute atomic E-state index is 0.181. The van der Waals surface area contributed by atoms with E-state index in [1.807, 2.05) is 54.6 Å². The number of nitrogens with zero attached hydrogens (tertiary/aromatic N) is 2. The minimum atomic E-state index is -1.15. The van der Waals surface area contributed by atoms with Crippen molar-refractivity contribution in [3.63, 3.8) is 0 Å². The Morgan fingerprint density at radius 1 is 1.27 bits per heavy atom. The number of ether oxygens (including phenoxy) is 2. The van der Waals surface area contributed by atoms with E-state index in [4.69, 9.17) is 14.5 Å². The van der Waals surface area contributed by atoms with Gasteiger partial charge >= 0.3 is 5.97 Å². The Bertz CT molecular complexity index is 1340. The molecule has 3 atom stereocenters. The first-order chi connectivity index (χ1) is 14.4. The van der Waals surface area contributed by atoms with Crippen molar-refractivity contribution in [1.82, 2.24) is 4.57 Å². The van der Waals surface area contributed by atoms with Crippen LogP contribution >= 0.6 is 27.3 Å². The van der Waals surface area contributed by atoms with Crippen molar-refractivity contribution in [2.24, 2.45) is 10.9 Å². The molecule has 6 nitrogen and oxygen atoms in total. The summed E-state index contributed by atoms with van der Waals surface area (Å²) >= 11 is 4.72. The van der Waals surface area contributed by atoms with Gasteiger partial charge in [0.2, 0.25) is 5.72 Å². The zero-order valence-electron chi connectivity index (χ0n) is 16.2. The lowest BCUT2D eigenvalue weighted by molar-refractivity contribution is -0.158. The van der Waals surface area contributed by atoms with Crippen molar-refractivity contribution in [3.8, 4) is 5.75 Å². The smallest absolute Gasteiger partial charge is 0.317 e. The highest BCUT2D eigenvalue weighted by Gasteiger charge is 2.55. The van der Waals surface area contributed by atoms with Gasteiger partial charge in [0.15, 0.2) is 4.80 Å². The van der Waals surface area contributed by atoms with Gasteiger partial charge in [-0.05, 0) is 36.8 Å². The van der Waals surface area contributed by atoms with Gasteiger partial charge in [-0.25, -0.2) is 4.99 Å². The molecule has 1 aromatic heterocycles. The van der Waals surface area contributed by atoms with Gasteiger partial charge in [0.25, 0.3) is 5.56 Å². The number of carbonyl (C=O) groups excluding carboxylic acids is 1. The predicted molar refractivity (Wildman–Crippen MR) is 116 cm³/mol. The molecule has 0 fully saturated rings. The maximum absolute atomic E-state index is 13.4. The number of methoxy groups -OCH3 is 1. The Morgan fingerprint density at radius 3 is 2.73 bits per heavy atom. The normalized spacial score (nSPS) is 24.3. The molecule has 30 heavy (non-hydrogen) atoms. The number of carbonyl (C=O) groups is 1. The Labute approximate surface area is 184 Å². The predicted octanol–water partition coefficient (Wildman–Crippen LogP) is 2.62. The average molecular weight is 485 g/mol. The van der Waals surface area contributed by atoms with Crippen molar-refractivity contribution in [1.29, 1.82) is 0 Å². The van der Waals surface area contributed by atoms with Crippen LogP contribution in [0.15, 0.2) is 62.8 Å². The summed E-state index contributed by atoms with van der Waals surface area (Å²) in [5.74, 6) is -0.600. The van der Waals surface area contributed by atoms with E-state index in [0.29, 0.717) is 15.1 Å². The molecule has 0 N–H and O–H groups in total. The van der Waals surface area contributed by atoms with E-state index < -0.39 is 23.7 Å². The first kappa shape index (κ1) is 19.3. The summed E-state index contributed by atoms with van der Waals surface area (Å²) in [6, 6.07) is 14.6. The van der Waals surface area contributed by atoms with Gasteiger partial charge in [-0.15, -0.1) is 0 Å². The number of esters is 1. The molecule has 2 aliphatic heterocycles. The summed E-state index contributed by atoms with van der Waals surface area (Å²) in [4.78, 5) is 31.4. The second-order valence-corrected chi connectivity index (χ2v) is 9.30. The van der Waals surface area contributed by atoms with E-state index in [9.17, 15) is 9.59 Å². The van der Waals surface area contributed by atoms with Gasteiger partial charge in [-0.1, -0.05) is 57.6 Å². The Hall–Kier alpha value is -2.71. The lowest BCUT2D eigenvalue weighted by atomic mass is 9.81. The molecule has 0 amide bonds. The number of rotatable bonds is 2. The first-order valence-corrected chi connectivity index (χ1v) is 11.0. The third kappa shape index (κ3) is 2.86. The molecule has 8 heteroatoms. The zero-order chi connectivity index (χ0) is 21.0. The fourth-order valence-electron chi connectivity index (χ4n) is 4.14. The molecule has 0 saturated carbocycles. The molecular formula is C22H17BrN2O4S. The summed E-state index contributed by atoms with van der Waals surface area (Å²) in [5, 5.41) is 0. The number of fused-ring (bicyclic) bond motifs is 6. The first-order valence-electron chi connectivity index (χ1n) is 9.35. The minimum Gasteiger partial charge on any atom is -0.469 e. The van der Waals surface area contributed by atoms with E-state index in [1.165, 1.54) is 18.4 Å². The number of benzene rings is 2. The SMILES string of the molecule is COC(=O)C1C2c3ccccc3OC1(C)N=c1s/c(=C\c3ccc(Br)cc3)c(=O)n12. The largest absolute Gasteiger partial charge is 0.469 e. The summed E-state index contributed by atoms with van der Waals surface area (Å²) < 4.78 is 14.4. The van der Waals surface area contributed by atoms with Gasteiger partial charge in [-0.2, -0.15) is 0 Å². The molecule has 0 saturated heterocycles. The van der Waals surface area contributed by atoms with E-state index in [1.54, 1.807) is 11.5 Å².